The molecule has 3 heterocycles. The molecule has 0 radical (unpaired) electrons. The van der Waals surface area contributed by atoms with Gasteiger partial charge in [-0.3, -0.25) is 9.78 Å². The summed E-state index contributed by atoms with van der Waals surface area (Å²) < 4.78 is 5.14. The number of aromatic nitrogens is 2. The third kappa shape index (κ3) is 1.77. The number of Topliss-reactive ketones (excluding diaryl/α,β-unsaturated/α-hetero) is 1. The zero-order valence-corrected chi connectivity index (χ0v) is 10.1. The van der Waals surface area contributed by atoms with Crippen LogP contribution in [0.4, 0.5) is 5.69 Å². The van der Waals surface area contributed by atoms with Gasteiger partial charge in [-0.05, 0) is 12.1 Å². The highest BCUT2D eigenvalue weighted by molar-refractivity contribution is 5.93. The number of rotatable bonds is 2. The van der Waals surface area contributed by atoms with Crippen molar-refractivity contribution in [1.82, 2.24) is 9.97 Å². The van der Waals surface area contributed by atoms with Gasteiger partial charge in [0, 0.05) is 25.2 Å². The Morgan fingerprint density at radius 1 is 1.33 bits per heavy atom. The van der Waals surface area contributed by atoms with E-state index in [0.717, 1.165) is 23.3 Å². The molecule has 1 fully saturated rings. The molecule has 0 atom stereocenters. The molecule has 0 bridgehead atoms. The second kappa shape index (κ2) is 4.25. The van der Waals surface area contributed by atoms with Crippen molar-refractivity contribution in [3.8, 4) is 5.88 Å². The summed E-state index contributed by atoms with van der Waals surface area (Å²) in [5.74, 6) is 0.824. The van der Waals surface area contributed by atoms with Crippen molar-refractivity contribution in [2.24, 2.45) is 0 Å². The van der Waals surface area contributed by atoms with Gasteiger partial charge in [-0.2, -0.15) is 0 Å². The van der Waals surface area contributed by atoms with E-state index in [-0.39, 0.29) is 5.78 Å². The van der Waals surface area contributed by atoms with Gasteiger partial charge >= 0.3 is 0 Å². The van der Waals surface area contributed by atoms with Crippen LogP contribution in [-0.4, -0.2) is 36.0 Å². The van der Waals surface area contributed by atoms with Gasteiger partial charge in [-0.15, -0.1) is 0 Å². The molecule has 5 heteroatoms. The average molecular weight is 243 g/mol. The van der Waals surface area contributed by atoms with Crippen molar-refractivity contribution in [2.45, 2.75) is 6.42 Å². The first-order valence-corrected chi connectivity index (χ1v) is 5.84. The summed E-state index contributed by atoms with van der Waals surface area (Å²) in [4.78, 5) is 22.1. The van der Waals surface area contributed by atoms with Crippen LogP contribution >= 0.6 is 0 Å². The molecule has 2 aromatic rings. The van der Waals surface area contributed by atoms with Gasteiger partial charge in [0.2, 0.25) is 5.88 Å². The first-order valence-electron chi connectivity index (χ1n) is 5.84. The van der Waals surface area contributed by atoms with Crippen LogP contribution in [0, 0.1) is 0 Å². The van der Waals surface area contributed by atoms with Gasteiger partial charge in [-0.25, -0.2) is 4.98 Å². The Balaban J connectivity index is 2.13. The Hall–Kier alpha value is -2.17. The lowest BCUT2D eigenvalue weighted by molar-refractivity contribution is -0.116. The molecule has 18 heavy (non-hydrogen) atoms. The fourth-order valence-corrected chi connectivity index (χ4v) is 2.20. The summed E-state index contributed by atoms with van der Waals surface area (Å²) >= 11 is 0. The SMILES string of the molecule is COc1ccc2nccc(N3CCC(=O)C3)c2n1. The number of fused-ring (bicyclic) bond motifs is 1. The average Bonchev–Trinajstić information content (AvgIpc) is 2.84. The molecule has 1 aliphatic heterocycles. The number of carbonyl (C=O) groups excluding carboxylic acids is 1. The molecule has 0 amide bonds. The summed E-state index contributed by atoms with van der Waals surface area (Å²) in [7, 11) is 1.59. The number of pyridine rings is 2. The monoisotopic (exact) mass is 243 g/mol. The van der Waals surface area contributed by atoms with E-state index in [0.29, 0.717) is 18.8 Å². The predicted molar refractivity (Wildman–Crippen MR) is 67.9 cm³/mol. The zero-order chi connectivity index (χ0) is 12.5. The Morgan fingerprint density at radius 3 is 2.94 bits per heavy atom. The Labute approximate surface area is 104 Å². The van der Waals surface area contributed by atoms with Crippen LogP contribution in [0.25, 0.3) is 11.0 Å². The minimum Gasteiger partial charge on any atom is -0.481 e. The lowest BCUT2D eigenvalue weighted by Gasteiger charge is -2.17. The minimum absolute atomic E-state index is 0.267. The first-order chi connectivity index (χ1) is 8.78. The number of ether oxygens (including phenoxy) is 1. The summed E-state index contributed by atoms with van der Waals surface area (Å²) in [6.45, 7) is 1.20. The molecular weight excluding hydrogens is 230 g/mol. The second-order valence-corrected chi connectivity index (χ2v) is 4.26. The lowest BCUT2D eigenvalue weighted by atomic mass is 10.2. The molecule has 3 rings (SSSR count). The molecule has 2 aromatic heterocycles. The molecular formula is C13H13N3O2. The molecule has 0 N–H and O–H groups in total. The van der Waals surface area contributed by atoms with E-state index in [1.165, 1.54) is 0 Å². The molecule has 5 nitrogen and oxygen atoms in total. The summed E-state index contributed by atoms with van der Waals surface area (Å²) in [5.41, 5.74) is 2.55. The maximum atomic E-state index is 11.4. The number of hydrogen-bond acceptors (Lipinski definition) is 5. The van der Waals surface area contributed by atoms with Gasteiger partial charge in [0.05, 0.1) is 24.9 Å². The smallest absolute Gasteiger partial charge is 0.213 e. The highest BCUT2D eigenvalue weighted by Gasteiger charge is 2.21. The third-order valence-corrected chi connectivity index (χ3v) is 3.11. The van der Waals surface area contributed by atoms with Gasteiger partial charge in [0.25, 0.3) is 0 Å². The molecule has 0 unspecified atom stereocenters. The van der Waals surface area contributed by atoms with E-state index in [1.807, 2.05) is 17.0 Å². The van der Waals surface area contributed by atoms with Crippen molar-refractivity contribution in [2.75, 3.05) is 25.1 Å². The van der Waals surface area contributed by atoms with Gasteiger partial charge in [-0.1, -0.05) is 0 Å². The van der Waals surface area contributed by atoms with E-state index in [9.17, 15) is 4.79 Å². The molecule has 0 aromatic carbocycles. The number of ketones is 1. The second-order valence-electron chi connectivity index (χ2n) is 4.26. The number of nitrogens with zero attached hydrogens (tertiary/aromatic N) is 3. The quantitative estimate of drug-likeness (QED) is 0.798. The van der Waals surface area contributed by atoms with Crippen molar-refractivity contribution in [3.63, 3.8) is 0 Å². The number of methoxy groups -OCH3 is 1. The number of anilines is 1. The van der Waals surface area contributed by atoms with Crippen LogP contribution in [0.5, 0.6) is 5.88 Å². The van der Waals surface area contributed by atoms with Crippen LogP contribution < -0.4 is 9.64 Å². The zero-order valence-electron chi connectivity index (χ0n) is 10.1. The van der Waals surface area contributed by atoms with E-state index >= 15 is 0 Å². The third-order valence-electron chi connectivity index (χ3n) is 3.11. The fraction of sp³-hybridized carbons (Fsp3) is 0.308. The number of carbonyl (C=O) groups is 1. The topological polar surface area (TPSA) is 55.3 Å². The Morgan fingerprint density at radius 2 is 2.22 bits per heavy atom. The highest BCUT2D eigenvalue weighted by atomic mass is 16.5. The molecule has 1 saturated heterocycles. The van der Waals surface area contributed by atoms with Gasteiger partial charge in [0.1, 0.15) is 5.52 Å². The highest BCUT2D eigenvalue weighted by Crippen LogP contribution is 2.27. The van der Waals surface area contributed by atoms with Crippen molar-refractivity contribution < 1.29 is 9.53 Å². The van der Waals surface area contributed by atoms with E-state index in [1.54, 1.807) is 19.4 Å². The first kappa shape index (κ1) is 11.0. The Bertz CT molecular complexity index is 612. The normalized spacial score (nSPS) is 15.4. The van der Waals surface area contributed by atoms with E-state index < -0.39 is 0 Å². The molecule has 1 aliphatic rings. The van der Waals surface area contributed by atoms with Crippen molar-refractivity contribution in [3.05, 3.63) is 24.4 Å². The number of hydrogen-bond donors (Lipinski definition) is 0. The maximum absolute atomic E-state index is 11.4. The van der Waals surface area contributed by atoms with Crippen LogP contribution in [-0.2, 0) is 4.79 Å². The Kier molecular flexibility index (Phi) is 2.59. The van der Waals surface area contributed by atoms with Gasteiger partial charge < -0.3 is 9.64 Å². The molecule has 0 aliphatic carbocycles. The van der Waals surface area contributed by atoms with Crippen LogP contribution in [0.2, 0.25) is 0 Å². The minimum atomic E-state index is 0.267. The molecule has 0 saturated carbocycles. The molecule has 0 spiro atoms. The van der Waals surface area contributed by atoms with E-state index in [4.69, 9.17) is 4.74 Å². The summed E-state index contributed by atoms with van der Waals surface area (Å²) in [6.07, 6.45) is 2.35. The maximum Gasteiger partial charge on any atom is 0.213 e. The summed E-state index contributed by atoms with van der Waals surface area (Å²) in [5, 5.41) is 0. The standard InChI is InChI=1S/C13H13N3O2/c1-18-12-3-2-10-13(15-12)11(4-6-14-10)16-7-5-9(17)8-16/h2-4,6H,5,7-8H2,1H3. The van der Waals surface area contributed by atoms with Crippen LogP contribution in [0.1, 0.15) is 6.42 Å². The van der Waals surface area contributed by atoms with Crippen molar-refractivity contribution in [1.29, 1.82) is 0 Å². The van der Waals surface area contributed by atoms with E-state index in [2.05, 4.69) is 9.97 Å². The van der Waals surface area contributed by atoms with Crippen LogP contribution in [0.15, 0.2) is 24.4 Å². The summed E-state index contributed by atoms with van der Waals surface area (Å²) in [6, 6.07) is 5.56. The van der Waals surface area contributed by atoms with Crippen molar-refractivity contribution >= 4 is 22.5 Å². The largest absolute Gasteiger partial charge is 0.481 e. The van der Waals surface area contributed by atoms with Crippen LogP contribution in [0.3, 0.4) is 0 Å². The molecule has 92 valence electrons. The fourth-order valence-electron chi connectivity index (χ4n) is 2.20. The lowest BCUT2D eigenvalue weighted by Crippen LogP contribution is -2.20. The predicted octanol–water partition coefficient (Wildman–Crippen LogP) is 1.42. The van der Waals surface area contributed by atoms with Gasteiger partial charge in [0.15, 0.2) is 5.78 Å².